The van der Waals surface area contributed by atoms with E-state index in [-0.39, 0.29) is 24.7 Å². The molecule has 0 aromatic heterocycles. The third kappa shape index (κ3) is 5.55. The number of hydrogen-bond acceptors (Lipinski definition) is 3. The zero-order valence-electron chi connectivity index (χ0n) is 10.8. The summed E-state index contributed by atoms with van der Waals surface area (Å²) >= 11 is 5.74. The summed E-state index contributed by atoms with van der Waals surface area (Å²) in [5, 5.41) is 11.7. The van der Waals surface area contributed by atoms with Gasteiger partial charge in [-0.15, -0.1) is 0 Å². The van der Waals surface area contributed by atoms with Gasteiger partial charge in [-0.2, -0.15) is 0 Å². The molecule has 0 spiro atoms. The Morgan fingerprint density at radius 1 is 1.47 bits per heavy atom. The molecule has 0 aliphatic heterocycles. The molecular weight excluding hydrogens is 271 g/mol. The van der Waals surface area contributed by atoms with E-state index in [0.717, 1.165) is 6.42 Å². The predicted molar refractivity (Wildman–Crippen MR) is 73.9 cm³/mol. The summed E-state index contributed by atoms with van der Waals surface area (Å²) in [4.78, 5) is 13.6. The number of aliphatic hydroxyl groups excluding tert-OH is 1. The van der Waals surface area contributed by atoms with E-state index in [2.05, 4.69) is 5.32 Å². The van der Waals surface area contributed by atoms with Crippen LogP contribution in [0.3, 0.4) is 0 Å². The van der Waals surface area contributed by atoms with Gasteiger partial charge in [0.1, 0.15) is 5.82 Å². The summed E-state index contributed by atoms with van der Waals surface area (Å²) in [6.07, 6.45) is 0.874. The average Bonchev–Trinajstić information content (AvgIpc) is 2.34. The Balaban J connectivity index is 2.60. The molecule has 0 unspecified atom stereocenters. The molecule has 0 heterocycles. The molecule has 0 bridgehead atoms. The summed E-state index contributed by atoms with van der Waals surface area (Å²) in [6, 6.07) is 3.99. The van der Waals surface area contributed by atoms with Crippen molar-refractivity contribution in [1.82, 2.24) is 4.90 Å². The van der Waals surface area contributed by atoms with E-state index in [1.165, 1.54) is 18.2 Å². The van der Waals surface area contributed by atoms with Gasteiger partial charge in [-0.25, -0.2) is 4.39 Å². The van der Waals surface area contributed by atoms with E-state index in [4.69, 9.17) is 16.7 Å². The Hall–Kier alpha value is -1.17. The number of carbonyl (C=O) groups is 1. The molecule has 1 rings (SSSR count). The van der Waals surface area contributed by atoms with E-state index in [0.29, 0.717) is 18.1 Å². The fourth-order valence-electron chi connectivity index (χ4n) is 1.71. The standard InChI is InChI=1S/C13H18ClFN2O2/c1-2-5-17(6-7-18)9-13(19)16-12-8-10(14)3-4-11(12)15/h3-4,8,18H,2,5-7,9H2,1H3,(H,16,19). The van der Waals surface area contributed by atoms with E-state index in [1.54, 1.807) is 4.90 Å². The first-order valence-corrected chi connectivity index (χ1v) is 6.52. The van der Waals surface area contributed by atoms with Crippen LogP contribution in [0.25, 0.3) is 0 Å². The second-order valence-electron chi connectivity index (χ2n) is 4.17. The first-order valence-electron chi connectivity index (χ1n) is 6.15. The quantitative estimate of drug-likeness (QED) is 0.808. The van der Waals surface area contributed by atoms with Crippen molar-refractivity contribution in [3.63, 3.8) is 0 Å². The highest BCUT2D eigenvalue weighted by Crippen LogP contribution is 2.19. The predicted octanol–water partition coefficient (Wildman–Crippen LogP) is 2.12. The summed E-state index contributed by atoms with van der Waals surface area (Å²) in [7, 11) is 0. The average molecular weight is 289 g/mol. The highest BCUT2D eigenvalue weighted by Gasteiger charge is 2.12. The molecule has 0 radical (unpaired) electrons. The third-order valence-electron chi connectivity index (χ3n) is 2.53. The van der Waals surface area contributed by atoms with Crippen LogP contribution < -0.4 is 5.32 Å². The van der Waals surface area contributed by atoms with Crippen LogP contribution in [0.2, 0.25) is 5.02 Å². The van der Waals surface area contributed by atoms with Crippen molar-refractivity contribution in [2.45, 2.75) is 13.3 Å². The van der Waals surface area contributed by atoms with Crippen molar-refractivity contribution < 1.29 is 14.3 Å². The highest BCUT2D eigenvalue weighted by molar-refractivity contribution is 6.30. The van der Waals surface area contributed by atoms with Gasteiger partial charge in [-0.1, -0.05) is 18.5 Å². The summed E-state index contributed by atoms with van der Waals surface area (Å²) < 4.78 is 13.4. The lowest BCUT2D eigenvalue weighted by atomic mass is 10.3. The van der Waals surface area contributed by atoms with Gasteiger partial charge >= 0.3 is 0 Å². The lowest BCUT2D eigenvalue weighted by Crippen LogP contribution is -2.35. The molecule has 1 aromatic carbocycles. The number of nitrogens with zero attached hydrogens (tertiary/aromatic N) is 1. The number of anilines is 1. The Kier molecular flexibility index (Phi) is 6.77. The lowest BCUT2D eigenvalue weighted by molar-refractivity contribution is -0.117. The zero-order chi connectivity index (χ0) is 14.3. The molecule has 106 valence electrons. The molecule has 0 fully saturated rings. The van der Waals surface area contributed by atoms with Crippen LogP contribution in [0.1, 0.15) is 13.3 Å². The molecule has 0 aliphatic carbocycles. The van der Waals surface area contributed by atoms with Crippen molar-refractivity contribution in [2.75, 3.05) is 31.6 Å². The monoisotopic (exact) mass is 288 g/mol. The molecule has 0 atom stereocenters. The Morgan fingerprint density at radius 2 is 2.21 bits per heavy atom. The largest absolute Gasteiger partial charge is 0.395 e. The van der Waals surface area contributed by atoms with Gasteiger partial charge in [0.2, 0.25) is 5.91 Å². The van der Waals surface area contributed by atoms with Crippen LogP contribution >= 0.6 is 11.6 Å². The van der Waals surface area contributed by atoms with Gasteiger partial charge in [-0.3, -0.25) is 9.69 Å². The number of benzene rings is 1. The molecule has 1 aromatic rings. The lowest BCUT2D eigenvalue weighted by Gasteiger charge is -2.19. The molecule has 6 heteroatoms. The van der Waals surface area contributed by atoms with Gasteiger partial charge < -0.3 is 10.4 Å². The Morgan fingerprint density at radius 3 is 2.84 bits per heavy atom. The summed E-state index contributed by atoms with van der Waals surface area (Å²) in [6.45, 7) is 3.20. The minimum atomic E-state index is -0.526. The molecule has 0 saturated heterocycles. The van der Waals surface area contributed by atoms with Gasteiger partial charge in [0.25, 0.3) is 0 Å². The minimum Gasteiger partial charge on any atom is -0.395 e. The molecule has 19 heavy (non-hydrogen) atoms. The van der Waals surface area contributed by atoms with Crippen molar-refractivity contribution in [2.24, 2.45) is 0 Å². The van der Waals surface area contributed by atoms with Crippen LogP contribution in [-0.2, 0) is 4.79 Å². The van der Waals surface area contributed by atoms with Gasteiger partial charge in [0.05, 0.1) is 18.8 Å². The number of rotatable bonds is 7. The number of nitrogens with one attached hydrogen (secondary N) is 1. The fraction of sp³-hybridized carbons (Fsp3) is 0.462. The maximum atomic E-state index is 13.4. The number of amides is 1. The van der Waals surface area contributed by atoms with E-state index >= 15 is 0 Å². The topological polar surface area (TPSA) is 52.6 Å². The fourth-order valence-corrected chi connectivity index (χ4v) is 1.89. The number of halogens is 2. The van der Waals surface area contributed by atoms with Gasteiger partial charge in [-0.05, 0) is 31.2 Å². The SMILES string of the molecule is CCCN(CCO)CC(=O)Nc1cc(Cl)ccc1F. The van der Waals surface area contributed by atoms with E-state index in [1.807, 2.05) is 6.92 Å². The second kappa shape index (κ2) is 8.09. The van der Waals surface area contributed by atoms with Crippen LogP contribution in [0.5, 0.6) is 0 Å². The second-order valence-corrected chi connectivity index (χ2v) is 4.61. The number of aliphatic hydroxyl groups is 1. The smallest absolute Gasteiger partial charge is 0.238 e. The third-order valence-corrected chi connectivity index (χ3v) is 2.76. The molecule has 2 N–H and O–H groups in total. The molecule has 1 amide bonds. The van der Waals surface area contributed by atoms with Gasteiger partial charge in [0, 0.05) is 11.6 Å². The van der Waals surface area contributed by atoms with Crippen molar-refractivity contribution >= 4 is 23.2 Å². The van der Waals surface area contributed by atoms with Crippen LogP contribution in [0, 0.1) is 5.82 Å². The zero-order valence-corrected chi connectivity index (χ0v) is 11.6. The van der Waals surface area contributed by atoms with Crippen LogP contribution in [0.15, 0.2) is 18.2 Å². The normalized spacial score (nSPS) is 10.8. The summed E-state index contributed by atoms with van der Waals surface area (Å²) in [5.41, 5.74) is 0.0675. The molecule has 4 nitrogen and oxygen atoms in total. The van der Waals surface area contributed by atoms with Crippen molar-refractivity contribution in [3.8, 4) is 0 Å². The Bertz CT molecular complexity index is 423. The van der Waals surface area contributed by atoms with Gasteiger partial charge in [0.15, 0.2) is 0 Å². The van der Waals surface area contributed by atoms with Crippen LogP contribution in [-0.4, -0.2) is 42.2 Å². The van der Waals surface area contributed by atoms with Crippen LogP contribution in [0.4, 0.5) is 10.1 Å². The first-order chi connectivity index (χ1) is 9.06. The Labute approximate surface area is 117 Å². The number of hydrogen-bond donors (Lipinski definition) is 2. The number of carbonyl (C=O) groups excluding carboxylic acids is 1. The first kappa shape index (κ1) is 15.9. The molecule has 0 aliphatic rings. The van der Waals surface area contributed by atoms with Crippen molar-refractivity contribution in [1.29, 1.82) is 0 Å². The maximum Gasteiger partial charge on any atom is 0.238 e. The van der Waals surface area contributed by atoms with E-state index < -0.39 is 5.82 Å². The molecule has 0 saturated carbocycles. The highest BCUT2D eigenvalue weighted by atomic mass is 35.5. The minimum absolute atomic E-state index is 0.0151. The summed E-state index contributed by atoms with van der Waals surface area (Å²) in [5.74, 6) is -0.856. The van der Waals surface area contributed by atoms with Crippen molar-refractivity contribution in [3.05, 3.63) is 29.0 Å². The maximum absolute atomic E-state index is 13.4. The van der Waals surface area contributed by atoms with E-state index in [9.17, 15) is 9.18 Å². The molecular formula is C13H18ClFN2O2.